The van der Waals surface area contributed by atoms with E-state index in [-0.39, 0.29) is 11.8 Å². The summed E-state index contributed by atoms with van der Waals surface area (Å²) in [4.78, 5) is 12.5. The minimum atomic E-state index is -4.49. The second kappa shape index (κ2) is 9.26. The van der Waals surface area contributed by atoms with Gasteiger partial charge < -0.3 is 20.4 Å². The number of halogens is 3. The lowest BCUT2D eigenvalue weighted by Crippen LogP contribution is -2.35. The predicted molar refractivity (Wildman–Crippen MR) is 104 cm³/mol. The van der Waals surface area contributed by atoms with E-state index in [1.807, 2.05) is 0 Å². The van der Waals surface area contributed by atoms with Crippen LogP contribution in [0, 0.1) is 11.8 Å². The van der Waals surface area contributed by atoms with Gasteiger partial charge >= 0.3 is 6.18 Å². The van der Waals surface area contributed by atoms with E-state index >= 15 is 0 Å². The summed E-state index contributed by atoms with van der Waals surface area (Å²) in [7, 11) is 4.14. The second-order valence-corrected chi connectivity index (χ2v) is 8.26. The molecule has 1 aromatic heterocycles. The van der Waals surface area contributed by atoms with Gasteiger partial charge in [-0.3, -0.25) is 0 Å². The van der Waals surface area contributed by atoms with Gasteiger partial charge in [-0.1, -0.05) is 0 Å². The van der Waals surface area contributed by atoms with Gasteiger partial charge in [-0.05, 0) is 64.7 Å². The first-order chi connectivity index (χ1) is 13.3. The number of nitrogens with zero attached hydrogens (tertiary/aromatic N) is 4. The molecular formula is C19H31F3N6. The molecule has 3 heterocycles. The number of nitrogens with one attached hydrogen (secondary N) is 2. The van der Waals surface area contributed by atoms with Crippen LogP contribution >= 0.6 is 0 Å². The number of alkyl halides is 3. The van der Waals surface area contributed by atoms with Crippen LogP contribution in [0.5, 0.6) is 0 Å². The molecule has 2 unspecified atom stereocenters. The summed E-state index contributed by atoms with van der Waals surface area (Å²) in [6, 6.07) is 1.01. The van der Waals surface area contributed by atoms with Gasteiger partial charge in [0.2, 0.25) is 5.95 Å². The SMILES string of the molecule is CN1CCCC(CNc2cc(C(F)(F)F)nc(NCC3CCCN(C)C3)n2)C1. The zero-order chi connectivity index (χ0) is 20.1. The third kappa shape index (κ3) is 6.20. The van der Waals surface area contributed by atoms with Crippen LogP contribution in [-0.4, -0.2) is 73.1 Å². The first-order valence-corrected chi connectivity index (χ1v) is 10.1. The predicted octanol–water partition coefficient (Wildman–Crippen LogP) is 3.00. The van der Waals surface area contributed by atoms with Crippen molar-refractivity contribution in [3.63, 3.8) is 0 Å². The summed E-state index contributed by atoms with van der Waals surface area (Å²) in [5.74, 6) is 1.09. The van der Waals surface area contributed by atoms with Crippen molar-refractivity contribution in [2.45, 2.75) is 31.9 Å². The molecule has 2 fully saturated rings. The summed E-state index contributed by atoms with van der Waals surface area (Å²) < 4.78 is 39.8. The van der Waals surface area contributed by atoms with Crippen molar-refractivity contribution in [3.8, 4) is 0 Å². The highest BCUT2D eigenvalue weighted by atomic mass is 19.4. The van der Waals surface area contributed by atoms with Gasteiger partial charge in [-0.2, -0.15) is 18.2 Å². The van der Waals surface area contributed by atoms with Gasteiger partial charge in [0.15, 0.2) is 5.69 Å². The van der Waals surface area contributed by atoms with Crippen molar-refractivity contribution in [1.29, 1.82) is 0 Å². The van der Waals surface area contributed by atoms with Crippen LogP contribution < -0.4 is 10.6 Å². The van der Waals surface area contributed by atoms with Crippen molar-refractivity contribution in [1.82, 2.24) is 19.8 Å². The van der Waals surface area contributed by atoms with Crippen molar-refractivity contribution in [2.75, 3.05) is 64.0 Å². The van der Waals surface area contributed by atoms with Gasteiger partial charge in [0, 0.05) is 32.2 Å². The summed E-state index contributed by atoms with van der Waals surface area (Å²) >= 11 is 0. The molecule has 0 aliphatic carbocycles. The van der Waals surface area contributed by atoms with Gasteiger partial charge in [0.25, 0.3) is 0 Å². The molecule has 0 radical (unpaired) electrons. The molecule has 2 saturated heterocycles. The lowest BCUT2D eigenvalue weighted by Gasteiger charge is -2.30. The highest BCUT2D eigenvalue weighted by Crippen LogP contribution is 2.30. The second-order valence-electron chi connectivity index (χ2n) is 8.26. The third-order valence-electron chi connectivity index (χ3n) is 5.58. The fourth-order valence-corrected chi connectivity index (χ4v) is 4.13. The molecule has 28 heavy (non-hydrogen) atoms. The molecule has 9 heteroatoms. The van der Waals surface area contributed by atoms with Gasteiger partial charge in [-0.15, -0.1) is 0 Å². The lowest BCUT2D eigenvalue weighted by atomic mass is 9.98. The van der Waals surface area contributed by atoms with Gasteiger partial charge in [-0.25, -0.2) is 4.98 Å². The topological polar surface area (TPSA) is 56.3 Å². The molecule has 2 N–H and O–H groups in total. The van der Waals surface area contributed by atoms with Crippen molar-refractivity contribution in [2.24, 2.45) is 11.8 Å². The fourth-order valence-electron chi connectivity index (χ4n) is 4.13. The van der Waals surface area contributed by atoms with Gasteiger partial charge in [0.1, 0.15) is 5.82 Å². The number of anilines is 2. The van der Waals surface area contributed by atoms with E-state index in [9.17, 15) is 13.2 Å². The Morgan fingerprint density at radius 2 is 1.54 bits per heavy atom. The number of hydrogen-bond acceptors (Lipinski definition) is 6. The van der Waals surface area contributed by atoms with E-state index in [2.05, 4.69) is 44.5 Å². The first kappa shape index (κ1) is 21.1. The zero-order valence-corrected chi connectivity index (χ0v) is 16.7. The Morgan fingerprint density at radius 3 is 2.07 bits per heavy atom. The maximum Gasteiger partial charge on any atom is 0.433 e. The Kier molecular flexibility index (Phi) is 6.98. The standard InChI is InChI=1S/C19H31F3N6/c1-27-7-3-5-14(12-27)10-23-17-9-16(19(20,21)22)25-18(26-17)24-11-15-6-4-8-28(2)13-15/h9,14-15H,3-8,10-13H2,1-2H3,(H2,23,24,25,26). The largest absolute Gasteiger partial charge is 0.433 e. The minimum Gasteiger partial charge on any atom is -0.370 e. The Hall–Kier alpha value is -1.61. The third-order valence-corrected chi connectivity index (χ3v) is 5.58. The van der Waals surface area contributed by atoms with Crippen LogP contribution in [0.2, 0.25) is 0 Å². The summed E-state index contributed by atoms with van der Waals surface area (Å²) in [6.07, 6.45) is -0.130. The highest BCUT2D eigenvalue weighted by Gasteiger charge is 2.34. The quantitative estimate of drug-likeness (QED) is 0.766. The summed E-state index contributed by atoms with van der Waals surface area (Å²) in [5.41, 5.74) is -0.908. The maximum atomic E-state index is 13.3. The van der Waals surface area contributed by atoms with E-state index < -0.39 is 11.9 Å². The van der Waals surface area contributed by atoms with Crippen molar-refractivity contribution < 1.29 is 13.2 Å². The average molecular weight is 400 g/mol. The van der Waals surface area contributed by atoms with Crippen LogP contribution in [0.3, 0.4) is 0 Å². The normalized spacial score (nSPS) is 24.9. The molecule has 0 saturated carbocycles. The number of aromatic nitrogens is 2. The van der Waals surface area contributed by atoms with E-state index in [0.29, 0.717) is 24.9 Å². The molecule has 0 bridgehead atoms. The molecule has 158 valence electrons. The van der Waals surface area contributed by atoms with Crippen LogP contribution in [-0.2, 0) is 6.18 Å². The molecule has 1 aromatic rings. The molecule has 0 amide bonds. The van der Waals surface area contributed by atoms with Crippen LogP contribution in [0.15, 0.2) is 6.07 Å². The highest BCUT2D eigenvalue weighted by molar-refractivity contribution is 5.43. The lowest BCUT2D eigenvalue weighted by molar-refractivity contribution is -0.141. The number of piperidine rings is 2. The first-order valence-electron chi connectivity index (χ1n) is 10.1. The molecule has 6 nitrogen and oxygen atoms in total. The molecule has 0 spiro atoms. The minimum absolute atomic E-state index is 0.0475. The summed E-state index contributed by atoms with van der Waals surface area (Å²) in [5, 5.41) is 6.14. The van der Waals surface area contributed by atoms with Crippen LogP contribution in [0.25, 0.3) is 0 Å². The Bertz CT molecular complexity index is 594. The fraction of sp³-hybridized carbons (Fsp3) is 0.789. The Morgan fingerprint density at radius 1 is 0.964 bits per heavy atom. The van der Waals surface area contributed by atoms with Crippen LogP contribution in [0.1, 0.15) is 31.4 Å². The van der Waals surface area contributed by atoms with E-state index in [4.69, 9.17) is 0 Å². The molecule has 2 aliphatic heterocycles. The Balaban J connectivity index is 1.64. The molecule has 3 rings (SSSR count). The zero-order valence-electron chi connectivity index (χ0n) is 16.7. The summed E-state index contributed by atoms with van der Waals surface area (Å²) in [6.45, 7) is 5.23. The Labute approximate surface area is 164 Å². The molecule has 2 aliphatic rings. The molecule has 2 atom stereocenters. The van der Waals surface area contributed by atoms with Gasteiger partial charge in [0.05, 0.1) is 0 Å². The van der Waals surface area contributed by atoms with Crippen LogP contribution in [0.4, 0.5) is 24.9 Å². The smallest absolute Gasteiger partial charge is 0.370 e. The van der Waals surface area contributed by atoms with Crippen molar-refractivity contribution >= 4 is 11.8 Å². The maximum absolute atomic E-state index is 13.3. The van der Waals surface area contributed by atoms with Crippen molar-refractivity contribution in [3.05, 3.63) is 11.8 Å². The van der Waals surface area contributed by atoms with E-state index in [1.165, 1.54) is 0 Å². The van der Waals surface area contributed by atoms with E-state index in [0.717, 1.165) is 57.9 Å². The number of rotatable bonds is 6. The molecule has 0 aromatic carbocycles. The van der Waals surface area contributed by atoms with E-state index in [1.54, 1.807) is 0 Å². The average Bonchev–Trinajstić information content (AvgIpc) is 2.64. The monoisotopic (exact) mass is 400 g/mol. The molecular weight excluding hydrogens is 369 g/mol. The number of hydrogen-bond donors (Lipinski definition) is 2. The number of likely N-dealkylation sites (tertiary alicyclic amines) is 2.